The van der Waals surface area contributed by atoms with Crippen LogP contribution in [0.1, 0.15) is 44.9 Å². The van der Waals surface area contributed by atoms with Crippen LogP contribution in [-0.2, 0) is 9.59 Å². The van der Waals surface area contributed by atoms with Crippen LogP contribution >= 0.6 is 0 Å². The van der Waals surface area contributed by atoms with Crippen LogP contribution in [0.3, 0.4) is 0 Å². The van der Waals surface area contributed by atoms with Gasteiger partial charge in [-0.2, -0.15) is 0 Å². The third-order valence-corrected chi connectivity index (χ3v) is 5.45. The quantitative estimate of drug-likeness (QED) is 0.837. The van der Waals surface area contributed by atoms with Gasteiger partial charge < -0.3 is 10.6 Å². The topological polar surface area (TPSA) is 63.4 Å². The summed E-state index contributed by atoms with van der Waals surface area (Å²) < 4.78 is 0. The van der Waals surface area contributed by atoms with E-state index in [1.165, 1.54) is 25.7 Å². The van der Waals surface area contributed by atoms with Crippen molar-refractivity contribution in [3.8, 4) is 0 Å². The normalized spacial score (nSPS) is 36.9. The first-order valence-electron chi connectivity index (χ1n) is 7.68. The van der Waals surface area contributed by atoms with E-state index in [1.54, 1.807) is 0 Å². The van der Waals surface area contributed by atoms with Gasteiger partial charge in [-0.3, -0.25) is 9.59 Å². The Hall–Kier alpha value is -1.06. The SMILES string of the molecule is NC(=O)CC1CCN(C(=O)CC2CC3CCC2C3)C1. The molecule has 106 valence electrons. The van der Waals surface area contributed by atoms with Gasteiger partial charge in [0, 0.05) is 25.9 Å². The molecule has 2 aliphatic carbocycles. The molecule has 4 atom stereocenters. The molecule has 1 saturated heterocycles. The Kier molecular flexibility index (Phi) is 3.50. The molecule has 4 nitrogen and oxygen atoms in total. The second-order valence-electron chi connectivity index (χ2n) is 6.80. The van der Waals surface area contributed by atoms with E-state index in [1.807, 2.05) is 4.90 Å². The highest BCUT2D eigenvalue weighted by atomic mass is 16.2. The average molecular weight is 264 g/mol. The highest BCUT2D eigenvalue weighted by molar-refractivity contribution is 5.77. The number of hydrogen-bond donors (Lipinski definition) is 1. The first-order valence-corrected chi connectivity index (χ1v) is 7.68. The van der Waals surface area contributed by atoms with Gasteiger partial charge in [-0.15, -0.1) is 0 Å². The Morgan fingerprint density at radius 2 is 1.95 bits per heavy atom. The molecule has 2 N–H and O–H groups in total. The summed E-state index contributed by atoms with van der Waals surface area (Å²) in [7, 11) is 0. The fraction of sp³-hybridized carbons (Fsp3) is 0.867. The van der Waals surface area contributed by atoms with E-state index >= 15 is 0 Å². The lowest BCUT2D eigenvalue weighted by atomic mass is 9.86. The largest absolute Gasteiger partial charge is 0.370 e. The minimum absolute atomic E-state index is 0.243. The molecule has 4 unspecified atom stereocenters. The van der Waals surface area contributed by atoms with Gasteiger partial charge in [0.1, 0.15) is 0 Å². The van der Waals surface area contributed by atoms with Crippen molar-refractivity contribution in [2.24, 2.45) is 29.4 Å². The molecule has 0 radical (unpaired) electrons. The predicted molar refractivity (Wildman–Crippen MR) is 72.1 cm³/mol. The minimum Gasteiger partial charge on any atom is -0.370 e. The molecule has 1 aliphatic heterocycles. The maximum Gasteiger partial charge on any atom is 0.222 e. The number of carbonyl (C=O) groups is 2. The molecule has 2 bridgehead atoms. The highest BCUT2D eigenvalue weighted by Gasteiger charge is 2.41. The van der Waals surface area contributed by atoms with Crippen molar-refractivity contribution in [2.45, 2.75) is 44.9 Å². The summed E-state index contributed by atoms with van der Waals surface area (Å²) in [6.07, 6.45) is 7.47. The van der Waals surface area contributed by atoms with Gasteiger partial charge in [-0.05, 0) is 49.4 Å². The van der Waals surface area contributed by atoms with Crippen LogP contribution in [0, 0.1) is 23.7 Å². The number of hydrogen-bond acceptors (Lipinski definition) is 2. The Morgan fingerprint density at radius 1 is 1.11 bits per heavy atom. The van der Waals surface area contributed by atoms with Gasteiger partial charge in [0.05, 0.1) is 0 Å². The highest BCUT2D eigenvalue weighted by Crippen LogP contribution is 2.49. The Morgan fingerprint density at radius 3 is 2.58 bits per heavy atom. The molecule has 0 aromatic rings. The van der Waals surface area contributed by atoms with E-state index < -0.39 is 0 Å². The molecule has 1 heterocycles. The zero-order valence-corrected chi connectivity index (χ0v) is 11.5. The monoisotopic (exact) mass is 264 g/mol. The molecule has 19 heavy (non-hydrogen) atoms. The second kappa shape index (κ2) is 5.14. The fourth-order valence-corrected chi connectivity index (χ4v) is 4.49. The first-order chi connectivity index (χ1) is 9.11. The van der Waals surface area contributed by atoms with Gasteiger partial charge in [0.15, 0.2) is 0 Å². The van der Waals surface area contributed by atoms with Crippen molar-refractivity contribution in [1.82, 2.24) is 4.90 Å². The fourth-order valence-electron chi connectivity index (χ4n) is 4.49. The number of nitrogens with zero attached hydrogens (tertiary/aromatic N) is 1. The molecule has 2 amide bonds. The van der Waals surface area contributed by atoms with E-state index in [4.69, 9.17) is 5.73 Å². The lowest BCUT2D eigenvalue weighted by Crippen LogP contribution is -2.31. The van der Waals surface area contributed by atoms with Crippen molar-refractivity contribution >= 4 is 11.8 Å². The van der Waals surface area contributed by atoms with Crippen molar-refractivity contribution < 1.29 is 9.59 Å². The van der Waals surface area contributed by atoms with Crippen LogP contribution in [0.4, 0.5) is 0 Å². The summed E-state index contributed by atoms with van der Waals surface area (Å²) in [5.74, 6) is 2.72. The molecule has 3 rings (SSSR count). The van der Waals surface area contributed by atoms with E-state index in [-0.39, 0.29) is 5.91 Å². The van der Waals surface area contributed by atoms with Crippen LogP contribution in [-0.4, -0.2) is 29.8 Å². The Bertz CT molecular complexity index is 382. The van der Waals surface area contributed by atoms with Crippen LogP contribution in [0.5, 0.6) is 0 Å². The summed E-state index contributed by atoms with van der Waals surface area (Å²) in [5, 5.41) is 0. The van der Waals surface area contributed by atoms with E-state index in [2.05, 4.69) is 0 Å². The standard InChI is InChI=1S/C15H24N2O2/c16-14(18)7-11-3-4-17(9-11)15(19)8-13-6-10-1-2-12(13)5-10/h10-13H,1-9H2,(H2,16,18). The third kappa shape index (κ3) is 2.77. The van der Waals surface area contributed by atoms with Crippen molar-refractivity contribution in [1.29, 1.82) is 0 Å². The summed E-state index contributed by atoms with van der Waals surface area (Å²) in [6, 6.07) is 0. The smallest absolute Gasteiger partial charge is 0.222 e. The zero-order valence-electron chi connectivity index (χ0n) is 11.5. The molecular formula is C15H24N2O2. The molecule has 0 aromatic heterocycles. The van der Waals surface area contributed by atoms with Crippen LogP contribution in [0.2, 0.25) is 0 Å². The maximum absolute atomic E-state index is 12.3. The number of likely N-dealkylation sites (tertiary alicyclic amines) is 1. The van der Waals surface area contributed by atoms with Crippen molar-refractivity contribution in [2.75, 3.05) is 13.1 Å². The number of nitrogens with two attached hydrogens (primary N) is 1. The average Bonchev–Trinajstić information content (AvgIpc) is 3.03. The van der Waals surface area contributed by atoms with Gasteiger partial charge >= 0.3 is 0 Å². The van der Waals surface area contributed by atoms with E-state index in [0.29, 0.717) is 24.2 Å². The van der Waals surface area contributed by atoms with Crippen molar-refractivity contribution in [3.63, 3.8) is 0 Å². The van der Waals surface area contributed by atoms with Gasteiger partial charge in [-0.25, -0.2) is 0 Å². The number of fused-ring (bicyclic) bond motifs is 2. The summed E-state index contributed by atoms with van der Waals surface area (Å²) >= 11 is 0. The lowest BCUT2D eigenvalue weighted by Gasteiger charge is -2.24. The lowest BCUT2D eigenvalue weighted by molar-refractivity contribution is -0.132. The summed E-state index contributed by atoms with van der Waals surface area (Å²) in [5.41, 5.74) is 5.22. The number of carbonyl (C=O) groups excluding carboxylic acids is 2. The molecule has 0 spiro atoms. The minimum atomic E-state index is -0.243. The van der Waals surface area contributed by atoms with Crippen molar-refractivity contribution in [3.05, 3.63) is 0 Å². The second-order valence-corrected chi connectivity index (χ2v) is 6.80. The number of amides is 2. The molecule has 3 aliphatic rings. The third-order valence-electron chi connectivity index (χ3n) is 5.45. The Labute approximate surface area is 114 Å². The van der Waals surface area contributed by atoms with Gasteiger partial charge in [0.25, 0.3) is 0 Å². The van der Waals surface area contributed by atoms with Crippen LogP contribution in [0.15, 0.2) is 0 Å². The molecule has 0 aromatic carbocycles. The van der Waals surface area contributed by atoms with Gasteiger partial charge in [0.2, 0.25) is 11.8 Å². The van der Waals surface area contributed by atoms with Gasteiger partial charge in [-0.1, -0.05) is 6.42 Å². The van der Waals surface area contributed by atoms with Crippen LogP contribution in [0.25, 0.3) is 0 Å². The summed E-state index contributed by atoms with van der Waals surface area (Å²) in [4.78, 5) is 25.2. The first kappa shape index (κ1) is 12.9. The summed E-state index contributed by atoms with van der Waals surface area (Å²) in [6.45, 7) is 1.56. The van der Waals surface area contributed by atoms with E-state index in [0.717, 1.165) is 37.8 Å². The number of primary amides is 1. The number of rotatable bonds is 4. The molecule has 2 saturated carbocycles. The zero-order chi connectivity index (χ0) is 13.4. The molecule has 4 heteroatoms. The van der Waals surface area contributed by atoms with E-state index in [9.17, 15) is 9.59 Å². The Balaban J connectivity index is 1.47. The maximum atomic E-state index is 12.3. The molecule has 3 fully saturated rings. The predicted octanol–water partition coefficient (Wildman–Crippen LogP) is 1.54. The van der Waals surface area contributed by atoms with Crippen LogP contribution < -0.4 is 5.73 Å². The molecular weight excluding hydrogens is 240 g/mol.